The van der Waals surface area contributed by atoms with Crippen LogP contribution in [0.4, 0.5) is 5.69 Å². The van der Waals surface area contributed by atoms with E-state index in [9.17, 15) is 9.59 Å². The highest BCUT2D eigenvalue weighted by molar-refractivity contribution is 6.05. The minimum atomic E-state index is -0.377. The maximum absolute atomic E-state index is 13.2. The number of carbonyl (C=O) groups is 2. The standard InChI is InChI=1S/C24H26N4O3/c1-2-31-24(30)18-8-10-19(11-9-18)27-23(29)21-16-26-28(20-6-4-3-5-7-20)22(21)17-12-14-25-15-13-17/h3-11,16-17,25H,2,12-15H2,1H3,(H,27,29). The number of amides is 1. The highest BCUT2D eigenvalue weighted by Crippen LogP contribution is 2.30. The smallest absolute Gasteiger partial charge is 0.338 e. The Bertz CT molecular complexity index is 1040. The third kappa shape index (κ3) is 4.67. The Morgan fingerprint density at radius 3 is 2.48 bits per heavy atom. The van der Waals surface area contributed by atoms with Gasteiger partial charge in [-0.3, -0.25) is 4.79 Å². The third-order valence-electron chi connectivity index (χ3n) is 5.43. The molecule has 160 valence electrons. The molecule has 3 aromatic rings. The normalized spacial score (nSPS) is 14.2. The summed E-state index contributed by atoms with van der Waals surface area (Å²) in [6.45, 7) is 3.92. The first-order chi connectivity index (χ1) is 15.2. The van der Waals surface area contributed by atoms with E-state index in [2.05, 4.69) is 15.7 Å². The second kappa shape index (κ2) is 9.57. The van der Waals surface area contributed by atoms with Crippen molar-refractivity contribution in [2.75, 3.05) is 25.0 Å². The van der Waals surface area contributed by atoms with E-state index in [0.717, 1.165) is 37.3 Å². The third-order valence-corrected chi connectivity index (χ3v) is 5.43. The van der Waals surface area contributed by atoms with Crippen LogP contribution >= 0.6 is 0 Å². The Labute approximate surface area is 181 Å². The van der Waals surface area contributed by atoms with Crippen molar-refractivity contribution in [3.63, 3.8) is 0 Å². The average Bonchev–Trinajstić information content (AvgIpc) is 3.26. The molecule has 0 unspecified atom stereocenters. The number of hydrogen-bond donors (Lipinski definition) is 2. The maximum Gasteiger partial charge on any atom is 0.338 e. The molecule has 31 heavy (non-hydrogen) atoms. The number of benzene rings is 2. The Balaban J connectivity index is 1.60. The first-order valence-corrected chi connectivity index (χ1v) is 10.6. The number of ether oxygens (including phenoxy) is 1. The van der Waals surface area contributed by atoms with Crippen molar-refractivity contribution in [2.24, 2.45) is 0 Å². The van der Waals surface area contributed by atoms with Gasteiger partial charge in [-0.05, 0) is 69.3 Å². The van der Waals surface area contributed by atoms with E-state index in [1.165, 1.54) is 0 Å². The predicted octanol–water partition coefficient (Wildman–Crippen LogP) is 3.77. The van der Waals surface area contributed by atoms with Gasteiger partial charge >= 0.3 is 5.97 Å². The second-order valence-electron chi connectivity index (χ2n) is 7.47. The lowest BCUT2D eigenvalue weighted by Crippen LogP contribution is -2.29. The molecule has 2 heterocycles. The molecule has 1 aliphatic heterocycles. The molecule has 1 amide bonds. The van der Waals surface area contributed by atoms with Crippen LogP contribution in [0.2, 0.25) is 0 Å². The number of aromatic nitrogens is 2. The predicted molar refractivity (Wildman–Crippen MR) is 119 cm³/mol. The molecule has 1 fully saturated rings. The summed E-state index contributed by atoms with van der Waals surface area (Å²) in [5.41, 5.74) is 3.52. The van der Waals surface area contributed by atoms with Gasteiger partial charge < -0.3 is 15.4 Å². The van der Waals surface area contributed by atoms with E-state index < -0.39 is 0 Å². The summed E-state index contributed by atoms with van der Waals surface area (Å²) in [6.07, 6.45) is 3.55. The van der Waals surface area contributed by atoms with Crippen molar-refractivity contribution in [2.45, 2.75) is 25.7 Å². The monoisotopic (exact) mass is 418 g/mol. The highest BCUT2D eigenvalue weighted by atomic mass is 16.5. The van der Waals surface area contributed by atoms with Crippen LogP contribution in [0.25, 0.3) is 5.69 Å². The summed E-state index contributed by atoms with van der Waals surface area (Å²) in [5.74, 6) is -0.340. The van der Waals surface area contributed by atoms with Crippen molar-refractivity contribution in [3.8, 4) is 5.69 Å². The summed E-state index contributed by atoms with van der Waals surface area (Å²) in [7, 11) is 0. The van der Waals surface area contributed by atoms with E-state index in [1.54, 1.807) is 37.4 Å². The van der Waals surface area contributed by atoms with Crippen LogP contribution in [0, 0.1) is 0 Å². The molecule has 1 saturated heterocycles. The molecule has 0 bridgehead atoms. The van der Waals surface area contributed by atoms with Gasteiger partial charge in [-0.2, -0.15) is 5.10 Å². The molecular formula is C24H26N4O3. The summed E-state index contributed by atoms with van der Waals surface area (Å²) in [6, 6.07) is 16.6. The fraction of sp³-hybridized carbons (Fsp3) is 0.292. The minimum Gasteiger partial charge on any atom is -0.462 e. The molecule has 7 nitrogen and oxygen atoms in total. The number of nitrogens with one attached hydrogen (secondary N) is 2. The Morgan fingerprint density at radius 2 is 1.81 bits per heavy atom. The van der Waals surface area contributed by atoms with Crippen LogP contribution in [-0.4, -0.2) is 41.4 Å². The molecular weight excluding hydrogens is 392 g/mol. The Morgan fingerprint density at radius 1 is 1.10 bits per heavy atom. The van der Waals surface area contributed by atoms with Crippen LogP contribution < -0.4 is 10.6 Å². The molecule has 2 aromatic carbocycles. The molecule has 0 radical (unpaired) electrons. The van der Waals surface area contributed by atoms with Crippen molar-refractivity contribution < 1.29 is 14.3 Å². The van der Waals surface area contributed by atoms with E-state index in [1.807, 2.05) is 35.0 Å². The SMILES string of the molecule is CCOC(=O)c1ccc(NC(=O)c2cnn(-c3ccccc3)c2C2CCNCC2)cc1. The number of para-hydroxylation sites is 1. The van der Waals surface area contributed by atoms with Gasteiger partial charge in [-0.1, -0.05) is 18.2 Å². The van der Waals surface area contributed by atoms with Crippen molar-refractivity contribution in [1.82, 2.24) is 15.1 Å². The average molecular weight is 418 g/mol. The molecule has 0 atom stereocenters. The van der Waals surface area contributed by atoms with E-state index in [4.69, 9.17) is 4.74 Å². The first-order valence-electron chi connectivity index (χ1n) is 10.6. The topological polar surface area (TPSA) is 85.2 Å². The fourth-order valence-corrected chi connectivity index (χ4v) is 3.90. The van der Waals surface area contributed by atoms with Gasteiger partial charge in [0.05, 0.1) is 35.3 Å². The number of nitrogens with zero attached hydrogens (tertiary/aromatic N) is 2. The molecule has 1 aromatic heterocycles. The largest absolute Gasteiger partial charge is 0.462 e. The number of piperidine rings is 1. The van der Waals surface area contributed by atoms with Crippen LogP contribution in [0.3, 0.4) is 0 Å². The number of hydrogen-bond acceptors (Lipinski definition) is 5. The lowest BCUT2D eigenvalue weighted by Gasteiger charge is -2.24. The van der Waals surface area contributed by atoms with Crippen LogP contribution in [0.15, 0.2) is 60.8 Å². The Hall–Kier alpha value is -3.45. The van der Waals surface area contributed by atoms with Gasteiger partial charge in [-0.25, -0.2) is 9.48 Å². The lowest BCUT2D eigenvalue weighted by molar-refractivity contribution is 0.0526. The number of rotatable bonds is 6. The summed E-state index contributed by atoms with van der Waals surface area (Å²) in [4.78, 5) is 25.0. The molecule has 2 N–H and O–H groups in total. The maximum atomic E-state index is 13.2. The summed E-state index contributed by atoms with van der Waals surface area (Å²) < 4.78 is 6.89. The molecule has 0 spiro atoms. The molecule has 4 rings (SSSR count). The minimum absolute atomic E-state index is 0.209. The van der Waals surface area contributed by atoms with Crippen molar-refractivity contribution in [3.05, 3.63) is 77.6 Å². The zero-order chi connectivity index (χ0) is 21.6. The molecule has 0 saturated carbocycles. The zero-order valence-electron chi connectivity index (χ0n) is 17.5. The van der Waals surface area contributed by atoms with Gasteiger partial charge in [0.2, 0.25) is 0 Å². The molecule has 7 heteroatoms. The van der Waals surface area contributed by atoms with Crippen molar-refractivity contribution >= 4 is 17.6 Å². The Kier molecular flexibility index (Phi) is 6.43. The quantitative estimate of drug-likeness (QED) is 0.595. The summed E-state index contributed by atoms with van der Waals surface area (Å²) in [5, 5.41) is 10.9. The van der Waals surface area contributed by atoms with Crippen LogP contribution in [0.5, 0.6) is 0 Å². The van der Waals surface area contributed by atoms with Gasteiger partial charge in [-0.15, -0.1) is 0 Å². The zero-order valence-corrected chi connectivity index (χ0v) is 17.5. The van der Waals surface area contributed by atoms with Gasteiger partial charge in [0.25, 0.3) is 5.91 Å². The second-order valence-corrected chi connectivity index (χ2v) is 7.47. The van der Waals surface area contributed by atoms with Crippen molar-refractivity contribution in [1.29, 1.82) is 0 Å². The number of carbonyl (C=O) groups excluding carboxylic acids is 2. The molecule has 1 aliphatic rings. The van der Waals surface area contributed by atoms with E-state index >= 15 is 0 Å². The van der Waals surface area contributed by atoms with E-state index in [0.29, 0.717) is 23.4 Å². The first kappa shape index (κ1) is 20.8. The fourth-order valence-electron chi connectivity index (χ4n) is 3.90. The van der Waals surface area contributed by atoms with Crippen LogP contribution in [0.1, 0.15) is 52.1 Å². The lowest BCUT2D eigenvalue weighted by atomic mass is 9.91. The summed E-state index contributed by atoms with van der Waals surface area (Å²) >= 11 is 0. The van der Waals surface area contributed by atoms with Gasteiger partial charge in [0, 0.05) is 11.6 Å². The van der Waals surface area contributed by atoms with Gasteiger partial charge in [0.1, 0.15) is 0 Å². The number of anilines is 1. The molecule has 0 aliphatic carbocycles. The number of esters is 1. The van der Waals surface area contributed by atoms with Crippen LogP contribution in [-0.2, 0) is 4.74 Å². The van der Waals surface area contributed by atoms with E-state index in [-0.39, 0.29) is 17.8 Å². The highest BCUT2D eigenvalue weighted by Gasteiger charge is 2.27. The van der Waals surface area contributed by atoms with Gasteiger partial charge in [0.15, 0.2) is 0 Å².